The van der Waals surface area contributed by atoms with Crippen LogP contribution >= 0.6 is 0 Å². The predicted octanol–water partition coefficient (Wildman–Crippen LogP) is 2.37. The number of hydrogen-bond acceptors (Lipinski definition) is 3. The van der Waals surface area contributed by atoms with Crippen molar-refractivity contribution in [2.75, 3.05) is 13.7 Å². The Hall–Kier alpha value is -1.06. The largest absolute Gasteiger partial charge is 0.497 e. The van der Waals surface area contributed by atoms with Gasteiger partial charge in [-0.15, -0.1) is 0 Å². The van der Waals surface area contributed by atoms with Gasteiger partial charge in [-0.3, -0.25) is 10.9 Å². The van der Waals surface area contributed by atoms with Crippen LogP contribution in [0, 0.1) is 0 Å². The third-order valence-electron chi connectivity index (χ3n) is 4.65. The monoisotopic (exact) mass is 246 g/mol. The second-order valence-corrected chi connectivity index (χ2v) is 5.51. The molecule has 1 aromatic rings. The molecule has 1 aliphatic carbocycles. The zero-order chi connectivity index (χ0) is 12.4. The molecule has 3 nitrogen and oxygen atoms in total. The van der Waals surface area contributed by atoms with Gasteiger partial charge in [-0.05, 0) is 37.0 Å². The van der Waals surface area contributed by atoms with Crippen LogP contribution in [0.5, 0.6) is 5.75 Å². The van der Waals surface area contributed by atoms with Crippen molar-refractivity contribution >= 4 is 0 Å². The van der Waals surface area contributed by atoms with E-state index in [1.54, 1.807) is 7.11 Å². The first-order chi connectivity index (χ1) is 8.85. The Labute approximate surface area is 109 Å². The molecule has 1 aliphatic heterocycles. The molecule has 0 radical (unpaired) electrons. The molecule has 2 aliphatic rings. The van der Waals surface area contributed by atoms with E-state index in [1.165, 1.54) is 37.7 Å². The van der Waals surface area contributed by atoms with Gasteiger partial charge in [0, 0.05) is 18.0 Å². The molecule has 98 valence electrons. The van der Waals surface area contributed by atoms with E-state index in [9.17, 15) is 0 Å². The van der Waals surface area contributed by atoms with Crippen molar-refractivity contribution in [2.24, 2.45) is 0 Å². The summed E-state index contributed by atoms with van der Waals surface area (Å²) in [5.41, 5.74) is 8.58. The minimum Gasteiger partial charge on any atom is -0.497 e. The molecule has 0 amide bonds. The highest BCUT2D eigenvalue weighted by Gasteiger charge is 2.43. The van der Waals surface area contributed by atoms with E-state index in [0.29, 0.717) is 11.5 Å². The molecule has 0 bridgehead atoms. The summed E-state index contributed by atoms with van der Waals surface area (Å²) in [7, 11) is 1.75. The van der Waals surface area contributed by atoms with Crippen LogP contribution < -0.4 is 15.6 Å². The number of ether oxygens (including phenoxy) is 1. The number of nitrogens with one attached hydrogen (secondary N) is 2. The number of rotatable bonds is 2. The van der Waals surface area contributed by atoms with Gasteiger partial charge in [0.05, 0.1) is 7.11 Å². The first-order valence-electron chi connectivity index (χ1n) is 6.98. The van der Waals surface area contributed by atoms with E-state index in [-0.39, 0.29) is 0 Å². The third-order valence-corrected chi connectivity index (χ3v) is 4.65. The third kappa shape index (κ3) is 1.91. The predicted molar refractivity (Wildman–Crippen MR) is 72.7 cm³/mol. The van der Waals surface area contributed by atoms with Crippen LogP contribution in [-0.4, -0.2) is 19.7 Å². The molecule has 1 heterocycles. The number of benzene rings is 1. The lowest BCUT2D eigenvalue weighted by Crippen LogP contribution is -2.60. The van der Waals surface area contributed by atoms with E-state index in [2.05, 4.69) is 29.1 Å². The summed E-state index contributed by atoms with van der Waals surface area (Å²) in [6, 6.07) is 9.22. The Morgan fingerprint density at radius 2 is 2.22 bits per heavy atom. The lowest BCUT2D eigenvalue weighted by atomic mass is 9.63. The summed E-state index contributed by atoms with van der Waals surface area (Å²) in [6.07, 6.45) is 6.46. The standard InChI is InChI=1S/C15H22N2O/c1-18-13-6-4-5-12(11-13)15-8-3-2-7-14(15)17-16-10-9-15/h4-6,11,14,16-17H,2-3,7-10H2,1H3. The van der Waals surface area contributed by atoms with E-state index in [4.69, 9.17) is 4.74 Å². The van der Waals surface area contributed by atoms with Crippen LogP contribution in [0.3, 0.4) is 0 Å². The van der Waals surface area contributed by atoms with Gasteiger partial charge in [-0.1, -0.05) is 25.0 Å². The van der Waals surface area contributed by atoms with Gasteiger partial charge in [0.2, 0.25) is 0 Å². The van der Waals surface area contributed by atoms with E-state index >= 15 is 0 Å². The summed E-state index contributed by atoms with van der Waals surface area (Å²) in [5, 5.41) is 0. The summed E-state index contributed by atoms with van der Waals surface area (Å²) in [4.78, 5) is 0. The van der Waals surface area contributed by atoms with Crippen molar-refractivity contribution in [2.45, 2.75) is 43.6 Å². The maximum atomic E-state index is 5.39. The van der Waals surface area contributed by atoms with Gasteiger partial charge in [-0.25, -0.2) is 0 Å². The van der Waals surface area contributed by atoms with Gasteiger partial charge in [0.15, 0.2) is 0 Å². The summed E-state index contributed by atoms with van der Waals surface area (Å²) < 4.78 is 5.39. The average molecular weight is 246 g/mol. The smallest absolute Gasteiger partial charge is 0.119 e. The van der Waals surface area contributed by atoms with Gasteiger partial charge < -0.3 is 4.74 Å². The van der Waals surface area contributed by atoms with Crippen molar-refractivity contribution in [3.8, 4) is 5.75 Å². The fraction of sp³-hybridized carbons (Fsp3) is 0.600. The molecular weight excluding hydrogens is 224 g/mol. The van der Waals surface area contributed by atoms with Gasteiger partial charge in [-0.2, -0.15) is 0 Å². The van der Waals surface area contributed by atoms with Crippen molar-refractivity contribution in [3.05, 3.63) is 29.8 Å². The van der Waals surface area contributed by atoms with Crippen LogP contribution in [-0.2, 0) is 5.41 Å². The molecular formula is C15H22N2O. The quantitative estimate of drug-likeness (QED) is 0.840. The molecule has 0 aromatic heterocycles. The number of methoxy groups -OCH3 is 1. The highest BCUT2D eigenvalue weighted by Crippen LogP contribution is 2.43. The molecule has 3 heteroatoms. The topological polar surface area (TPSA) is 33.3 Å². The SMILES string of the molecule is COc1cccc(C23CCCCC2NNCC3)c1. The van der Waals surface area contributed by atoms with Crippen LogP contribution in [0.25, 0.3) is 0 Å². The molecule has 0 spiro atoms. The first kappa shape index (κ1) is 12.0. The highest BCUT2D eigenvalue weighted by atomic mass is 16.5. The fourth-order valence-corrected chi connectivity index (χ4v) is 3.65. The summed E-state index contributed by atoms with van der Waals surface area (Å²) in [6.45, 7) is 1.05. The van der Waals surface area contributed by atoms with Gasteiger partial charge in [0.25, 0.3) is 0 Å². The van der Waals surface area contributed by atoms with Crippen LogP contribution in [0.4, 0.5) is 0 Å². The maximum Gasteiger partial charge on any atom is 0.119 e. The van der Waals surface area contributed by atoms with Crippen LogP contribution in [0.2, 0.25) is 0 Å². The van der Waals surface area contributed by atoms with Crippen molar-refractivity contribution in [3.63, 3.8) is 0 Å². The number of hydrazine groups is 1. The number of hydrogen-bond donors (Lipinski definition) is 2. The molecule has 2 unspecified atom stereocenters. The van der Waals surface area contributed by atoms with Crippen LogP contribution in [0.15, 0.2) is 24.3 Å². The lowest BCUT2D eigenvalue weighted by Gasteiger charge is -2.48. The van der Waals surface area contributed by atoms with Crippen LogP contribution in [0.1, 0.15) is 37.7 Å². The maximum absolute atomic E-state index is 5.39. The minimum atomic E-state index is 0.304. The van der Waals surface area contributed by atoms with Gasteiger partial charge >= 0.3 is 0 Å². The highest BCUT2D eigenvalue weighted by molar-refractivity contribution is 5.36. The molecule has 18 heavy (non-hydrogen) atoms. The fourth-order valence-electron chi connectivity index (χ4n) is 3.65. The molecule has 2 N–H and O–H groups in total. The Kier molecular flexibility index (Phi) is 3.27. The first-order valence-corrected chi connectivity index (χ1v) is 6.98. The Bertz CT molecular complexity index is 407. The van der Waals surface area contributed by atoms with E-state index < -0.39 is 0 Å². The molecule has 1 saturated carbocycles. The molecule has 1 aromatic carbocycles. The van der Waals surface area contributed by atoms with E-state index in [1.807, 2.05) is 6.07 Å². The van der Waals surface area contributed by atoms with Gasteiger partial charge in [0.1, 0.15) is 5.75 Å². The van der Waals surface area contributed by atoms with E-state index in [0.717, 1.165) is 12.3 Å². The second kappa shape index (κ2) is 4.90. The molecule has 2 atom stereocenters. The zero-order valence-corrected chi connectivity index (χ0v) is 11.0. The average Bonchev–Trinajstić information content (AvgIpc) is 2.47. The summed E-state index contributed by atoms with van der Waals surface area (Å²) >= 11 is 0. The Morgan fingerprint density at radius 1 is 1.28 bits per heavy atom. The molecule has 3 rings (SSSR count). The molecule has 2 fully saturated rings. The summed E-state index contributed by atoms with van der Waals surface area (Å²) in [5.74, 6) is 0.977. The Balaban J connectivity index is 1.98. The number of fused-ring (bicyclic) bond motifs is 1. The van der Waals surface area contributed by atoms with Crippen molar-refractivity contribution in [1.29, 1.82) is 0 Å². The lowest BCUT2D eigenvalue weighted by molar-refractivity contribution is 0.142. The van der Waals surface area contributed by atoms with Crippen molar-refractivity contribution in [1.82, 2.24) is 10.9 Å². The Morgan fingerprint density at radius 3 is 3.11 bits per heavy atom. The zero-order valence-electron chi connectivity index (χ0n) is 11.0. The minimum absolute atomic E-state index is 0.304. The normalized spacial score (nSPS) is 31.7. The van der Waals surface area contributed by atoms with Crippen molar-refractivity contribution < 1.29 is 4.74 Å². The molecule has 1 saturated heterocycles. The second-order valence-electron chi connectivity index (χ2n) is 5.51.